The summed E-state index contributed by atoms with van der Waals surface area (Å²) in [5.74, 6) is 0.501. The van der Waals surface area contributed by atoms with E-state index in [-0.39, 0.29) is 23.8 Å². The molecule has 0 aliphatic carbocycles. The van der Waals surface area contributed by atoms with Crippen LogP contribution in [0.25, 0.3) is 0 Å². The van der Waals surface area contributed by atoms with Gasteiger partial charge in [-0.05, 0) is 20.3 Å². The van der Waals surface area contributed by atoms with E-state index < -0.39 is 0 Å². The third-order valence-electron chi connectivity index (χ3n) is 2.99. The van der Waals surface area contributed by atoms with Gasteiger partial charge in [-0.1, -0.05) is 6.92 Å². The average molecular weight is 194 g/mol. The Morgan fingerprint density at radius 2 is 2.29 bits per heavy atom. The quantitative estimate of drug-likeness (QED) is 0.687. The molecule has 1 amide bonds. The van der Waals surface area contributed by atoms with Gasteiger partial charge in [0.05, 0.1) is 12.0 Å². The fourth-order valence-corrected chi connectivity index (χ4v) is 2.06. The van der Waals surface area contributed by atoms with E-state index >= 15 is 0 Å². The maximum Gasteiger partial charge on any atom is 0.223 e. The number of nitrogens with zero attached hydrogens (tertiary/aromatic N) is 2. The molecule has 0 N–H and O–H groups in total. The van der Waals surface area contributed by atoms with Crippen molar-refractivity contribution in [2.75, 3.05) is 6.54 Å². The number of carbonyl (C=O) groups is 1. The molecule has 1 rings (SSSR count). The zero-order chi connectivity index (χ0) is 10.7. The molecule has 78 valence electrons. The molecule has 3 nitrogen and oxygen atoms in total. The van der Waals surface area contributed by atoms with E-state index in [4.69, 9.17) is 5.26 Å². The lowest BCUT2D eigenvalue weighted by molar-refractivity contribution is -0.129. The highest BCUT2D eigenvalue weighted by Gasteiger charge is 2.35. The summed E-state index contributed by atoms with van der Waals surface area (Å²) in [4.78, 5) is 13.5. The minimum absolute atomic E-state index is 0.0442. The summed E-state index contributed by atoms with van der Waals surface area (Å²) in [5.41, 5.74) is 0. The Labute approximate surface area is 85.7 Å². The van der Waals surface area contributed by atoms with E-state index in [1.165, 1.54) is 0 Å². The maximum atomic E-state index is 11.6. The lowest BCUT2D eigenvalue weighted by Gasteiger charge is -2.21. The van der Waals surface area contributed by atoms with Gasteiger partial charge in [-0.25, -0.2) is 0 Å². The van der Waals surface area contributed by atoms with Crippen molar-refractivity contribution in [1.82, 2.24) is 4.90 Å². The van der Waals surface area contributed by atoms with Crippen molar-refractivity contribution in [1.29, 1.82) is 5.26 Å². The Bertz CT molecular complexity index is 255. The predicted molar refractivity (Wildman–Crippen MR) is 54.4 cm³/mol. The van der Waals surface area contributed by atoms with Gasteiger partial charge < -0.3 is 4.90 Å². The van der Waals surface area contributed by atoms with Crippen LogP contribution in [0, 0.1) is 23.2 Å². The normalized spacial score (nSPS) is 24.1. The summed E-state index contributed by atoms with van der Waals surface area (Å²) in [6.07, 6.45) is 1.41. The summed E-state index contributed by atoms with van der Waals surface area (Å²) in [7, 11) is 0. The number of hydrogen-bond donors (Lipinski definition) is 0. The SMILES string of the molecule is CCC(C#N)C1CC(=O)N(C(C)C)C1. The first-order valence-electron chi connectivity index (χ1n) is 5.29. The van der Waals surface area contributed by atoms with E-state index in [0.29, 0.717) is 6.42 Å². The molecule has 0 saturated carbocycles. The second kappa shape index (κ2) is 4.45. The highest BCUT2D eigenvalue weighted by atomic mass is 16.2. The first-order chi connectivity index (χ1) is 6.60. The Morgan fingerprint density at radius 1 is 1.64 bits per heavy atom. The molecule has 1 saturated heterocycles. The average Bonchev–Trinajstić information content (AvgIpc) is 2.50. The van der Waals surface area contributed by atoms with Crippen LogP contribution in [-0.4, -0.2) is 23.4 Å². The molecule has 1 heterocycles. The highest BCUT2D eigenvalue weighted by molar-refractivity contribution is 5.79. The van der Waals surface area contributed by atoms with Gasteiger partial charge in [-0.3, -0.25) is 4.79 Å². The standard InChI is InChI=1S/C11H18N2O/c1-4-9(6-12)10-5-11(14)13(7-10)8(2)3/h8-10H,4-5,7H2,1-3H3. The summed E-state index contributed by atoms with van der Waals surface area (Å²) >= 11 is 0. The smallest absolute Gasteiger partial charge is 0.223 e. The second-order valence-corrected chi connectivity index (χ2v) is 4.25. The van der Waals surface area contributed by atoms with Crippen LogP contribution in [0.3, 0.4) is 0 Å². The van der Waals surface area contributed by atoms with Crippen LogP contribution in [0.4, 0.5) is 0 Å². The third kappa shape index (κ3) is 2.06. The molecule has 3 heteroatoms. The summed E-state index contributed by atoms with van der Waals surface area (Å²) in [6, 6.07) is 2.56. The van der Waals surface area contributed by atoms with E-state index in [1.807, 2.05) is 25.7 Å². The monoisotopic (exact) mass is 194 g/mol. The molecule has 0 bridgehead atoms. The van der Waals surface area contributed by atoms with Gasteiger partial charge >= 0.3 is 0 Å². The van der Waals surface area contributed by atoms with Crippen molar-refractivity contribution in [2.24, 2.45) is 11.8 Å². The molecule has 14 heavy (non-hydrogen) atoms. The fourth-order valence-electron chi connectivity index (χ4n) is 2.06. The predicted octanol–water partition coefficient (Wildman–Crippen LogP) is 1.79. The molecule has 0 spiro atoms. The molecule has 0 aromatic rings. The lowest BCUT2D eigenvalue weighted by atomic mass is 9.91. The number of likely N-dealkylation sites (tertiary alicyclic amines) is 1. The summed E-state index contributed by atoms with van der Waals surface area (Å²) in [5, 5.41) is 8.92. The Hall–Kier alpha value is -1.04. The first kappa shape index (κ1) is 11.0. The molecular formula is C11H18N2O. The topological polar surface area (TPSA) is 44.1 Å². The highest BCUT2D eigenvalue weighted by Crippen LogP contribution is 2.28. The molecule has 2 atom stereocenters. The molecular weight excluding hydrogens is 176 g/mol. The van der Waals surface area contributed by atoms with Gasteiger partial charge in [0, 0.05) is 24.9 Å². The van der Waals surface area contributed by atoms with Crippen molar-refractivity contribution in [3.63, 3.8) is 0 Å². The Kier molecular flexibility index (Phi) is 3.51. The summed E-state index contributed by atoms with van der Waals surface area (Å²) < 4.78 is 0. The molecule has 0 aromatic heterocycles. The minimum Gasteiger partial charge on any atom is -0.340 e. The van der Waals surface area contributed by atoms with E-state index in [1.54, 1.807) is 0 Å². The van der Waals surface area contributed by atoms with Crippen LogP contribution in [0.2, 0.25) is 0 Å². The van der Waals surface area contributed by atoms with Crippen molar-refractivity contribution in [2.45, 2.75) is 39.7 Å². The Morgan fingerprint density at radius 3 is 2.64 bits per heavy atom. The van der Waals surface area contributed by atoms with Crippen LogP contribution in [0.15, 0.2) is 0 Å². The number of hydrogen-bond acceptors (Lipinski definition) is 2. The largest absolute Gasteiger partial charge is 0.340 e. The molecule has 1 aliphatic rings. The van der Waals surface area contributed by atoms with Crippen molar-refractivity contribution in [3.05, 3.63) is 0 Å². The van der Waals surface area contributed by atoms with Gasteiger partial charge in [0.15, 0.2) is 0 Å². The van der Waals surface area contributed by atoms with Gasteiger partial charge in [-0.15, -0.1) is 0 Å². The number of rotatable bonds is 3. The molecule has 2 unspecified atom stereocenters. The molecule has 0 aromatic carbocycles. The zero-order valence-electron chi connectivity index (χ0n) is 9.16. The third-order valence-corrected chi connectivity index (χ3v) is 2.99. The van der Waals surface area contributed by atoms with Crippen LogP contribution < -0.4 is 0 Å². The van der Waals surface area contributed by atoms with Crippen LogP contribution in [0.1, 0.15) is 33.6 Å². The second-order valence-electron chi connectivity index (χ2n) is 4.25. The number of amides is 1. The minimum atomic E-state index is 0.0442. The molecule has 1 aliphatic heterocycles. The van der Waals surface area contributed by atoms with Gasteiger partial charge in [0.1, 0.15) is 0 Å². The van der Waals surface area contributed by atoms with Gasteiger partial charge in [-0.2, -0.15) is 5.26 Å². The molecule has 1 fully saturated rings. The van der Waals surface area contributed by atoms with Crippen molar-refractivity contribution >= 4 is 5.91 Å². The van der Waals surface area contributed by atoms with Gasteiger partial charge in [0.25, 0.3) is 0 Å². The lowest BCUT2D eigenvalue weighted by Crippen LogP contribution is -2.32. The Balaban J connectivity index is 2.63. The summed E-state index contributed by atoms with van der Waals surface area (Å²) in [6.45, 7) is 6.82. The fraction of sp³-hybridized carbons (Fsp3) is 0.818. The van der Waals surface area contributed by atoms with Crippen LogP contribution >= 0.6 is 0 Å². The van der Waals surface area contributed by atoms with Crippen molar-refractivity contribution < 1.29 is 4.79 Å². The number of carbonyl (C=O) groups excluding carboxylic acids is 1. The zero-order valence-corrected chi connectivity index (χ0v) is 9.16. The first-order valence-corrected chi connectivity index (χ1v) is 5.29. The van der Waals surface area contributed by atoms with E-state index in [0.717, 1.165) is 13.0 Å². The van der Waals surface area contributed by atoms with E-state index in [2.05, 4.69) is 6.07 Å². The number of nitriles is 1. The molecule has 0 radical (unpaired) electrons. The van der Waals surface area contributed by atoms with Gasteiger partial charge in [0.2, 0.25) is 5.91 Å². The van der Waals surface area contributed by atoms with E-state index in [9.17, 15) is 4.79 Å². The van der Waals surface area contributed by atoms with Crippen molar-refractivity contribution in [3.8, 4) is 6.07 Å². The van der Waals surface area contributed by atoms with Crippen LogP contribution in [-0.2, 0) is 4.79 Å². The maximum absolute atomic E-state index is 11.6. The van der Waals surface area contributed by atoms with Crippen LogP contribution in [0.5, 0.6) is 0 Å².